The van der Waals surface area contributed by atoms with Gasteiger partial charge in [0.15, 0.2) is 5.96 Å². The SMILES string of the molecule is CN=C(NCc1ccc(OC)cc1OC)NCC1CCN(Cc2csc(C)n2)CC1. The molecule has 0 atom stereocenters. The van der Waals surface area contributed by atoms with E-state index in [0.29, 0.717) is 12.5 Å². The molecule has 0 bridgehead atoms. The Bertz CT molecular complexity index is 831. The predicted octanol–water partition coefficient (Wildman–Crippen LogP) is 3.05. The number of ether oxygens (including phenoxy) is 2. The average Bonchev–Trinajstić information content (AvgIpc) is 3.19. The second-order valence-corrected chi connectivity index (χ2v) is 8.62. The van der Waals surface area contributed by atoms with E-state index in [1.807, 2.05) is 18.2 Å². The third kappa shape index (κ3) is 6.34. The molecular formula is C22H33N5O2S. The molecule has 3 rings (SSSR count). The number of thiazole rings is 1. The van der Waals surface area contributed by atoms with E-state index in [0.717, 1.165) is 54.2 Å². The number of likely N-dealkylation sites (tertiary alicyclic amines) is 1. The molecule has 164 valence electrons. The third-order valence-electron chi connectivity index (χ3n) is 5.48. The molecular weight excluding hydrogens is 398 g/mol. The zero-order chi connectivity index (χ0) is 21.3. The summed E-state index contributed by atoms with van der Waals surface area (Å²) in [6.45, 7) is 6.85. The molecule has 2 heterocycles. The van der Waals surface area contributed by atoms with E-state index in [9.17, 15) is 0 Å². The van der Waals surface area contributed by atoms with E-state index >= 15 is 0 Å². The van der Waals surface area contributed by atoms with Crippen molar-refractivity contribution in [2.45, 2.75) is 32.9 Å². The van der Waals surface area contributed by atoms with Crippen LogP contribution in [-0.2, 0) is 13.1 Å². The van der Waals surface area contributed by atoms with E-state index in [1.54, 1.807) is 32.6 Å². The van der Waals surface area contributed by atoms with Crippen molar-refractivity contribution >= 4 is 17.3 Å². The van der Waals surface area contributed by atoms with Crippen molar-refractivity contribution in [2.75, 3.05) is 40.9 Å². The van der Waals surface area contributed by atoms with Crippen LogP contribution in [-0.4, -0.2) is 56.7 Å². The van der Waals surface area contributed by atoms with Crippen LogP contribution in [0, 0.1) is 12.8 Å². The second kappa shape index (κ2) is 11.2. The number of nitrogens with one attached hydrogen (secondary N) is 2. The number of nitrogens with zero attached hydrogens (tertiary/aromatic N) is 3. The summed E-state index contributed by atoms with van der Waals surface area (Å²) in [5.41, 5.74) is 2.26. The first-order valence-corrected chi connectivity index (χ1v) is 11.3. The molecule has 1 aliphatic heterocycles. The summed E-state index contributed by atoms with van der Waals surface area (Å²) in [6, 6.07) is 5.85. The molecule has 0 amide bonds. The highest BCUT2D eigenvalue weighted by Gasteiger charge is 2.20. The Balaban J connectivity index is 1.41. The summed E-state index contributed by atoms with van der Waals surface area (Å²) in [7, 11) is 5.13. The maximum absolute atomic E-state index is 5.47. The number of hydrogen-bond acceptors (Lipinski definition) is 6. The number of aliphatic imine (C=N–C) groups is 1. The molecule has 30 heavy (non-hydrogen) atoms. The van der Waals surface area contributed by atoms with Crippen molar-refractivity contribution in [3.8, 4) is 11.5 Å². The van der Waals surface area contributed by atoms with Gasteiger partial charge in [-0.1, -0.05) is 0 Å². The van der Waals surface area contributed by atoms with Crippen molar-refractivity contribution in [1.82, 2.24) is 20.5 Å². The van der Waals surface area contributed by atoms with Crippen molar-refractivity contribution in [3.05, 3.63) is 39.8 Å². The molecule has 2 aromatic rings. The van der Waals surface area contributed by atoms with E-state index in [-0.39, 0.29) is 0 Å². The van der Waals surface area contributed by atoms with Gasteiger partial charge in [0.2, 0.25) is 0 Å². The lowest BCUT2D eigenvalue weighted by Gasteiger charge is -2.31. The number of aryl methyl sites for hydroxylation is 1. The molecule has 0 unspecified atom stereocenters. The molecule has 1 saturated heterocycles. The van der Waals surface area contributed by atoms with Crippen LogP contribution < -0.4 is 20.1 Å². The molecule has 8 heteroatoms. The topological polar surface area (TPSA) is 71.0 Å². The van der Waals surface area contributed by atoms with Crippen LogP contribution in [0.5, 0.6) is 11.5 Å². The van der Waals surface area contributed by atoms with Gasteiger partial charge in [0.25, 0.3) is 0 Å². The lowest BCUT2D eigenvalue weighted by Crippen LogP contribution is -2.42. The number of guanidine groups is 1. The van der Waals surface area contributed by atoms with Gasteiger partial charge in [-0.3, -0.25) is 9.89 Å². The standard InChI is InChI=1S/C22H33N5O2S/c1-16-26-19(15-30-16)14-27-9-7-17(8-10-27)12-24-22(23-2)25-13-18-5-6-20(28-3)11-21(18)29-4/h5-6,11,15,17H,7-10,12-14H2,1-4H3,(H2,23,24,25). The van der Waals surface area contributed by atoms with E-state index in [2.05, 4.69) is 37.8 Å². The maximum atomic E-state index is 5.47. The Kier molecular flexibility index (Phi) is 8.33. The van der Waals surface area contributed by atoms with Gasteiger partial charge < -0.3 is 20.1 Å². The van der Waals surface area contributed by atoms with Crippen LogP contribution in [0.3, 0.4) is 0 Å². The van der Waals surface area contributed by atoms with Crippen molar-refractivity contribution in [2.24, 2.45) is 10.9 Å². The Labute approximate surface area is 183 Å². The normalized spacial score (nSPS) is 15.8. The minimum atomic E-state index is 0.637. The third-order valence-corrected chi connectivity index (χ3v) is 6.30. The molecule has 1 aromatic heterocycles. The zero-order valence-electron chi connectivity index (χ0n) is 18.4. The molecule has 7 nitrogen and oxygen atoms in total. The van der Waals surface area contributed by atoms with Crippen LogP contribution >= 0.6 is 11.3 Å². The van der Waals surface area contributed by atoms with Crippen LogP contribution in [0.2, 0.25) is 0 Å². The molecule has 1 aliphatic rings. The Morgan fingerprint density at radius 2 is 2.03 bits per heavy atom. The summed E-state index contributed by atoms with van der Waals surface area (Å²) in [5, 5.41) is 10.2. The number of methoxy groups -OCH3 is 2. The molecule has 0 radical (unpaired) electrons. The highest BCUT2D eigenvalue weighted by molar-refractivity contribution is 7.09. The molecule has 2 N–H and O–H groups in total. The summed E-state index contributed by atoms with van der Waals surface area (Å²) in [6.07, 6.45) is 2.39. The Morgan fingerprint density at radius 1 is 1.23 bits per heavy atom. The zero-order valence-corrected chi connectivity index (χ0v) is 19.2. The second-order valence-electron chi connectivity index (χ2n) is 7.56. The lowest BCUT2D eigenvalue weighted by molar-refractivity contribution is 0.176. The van der Waals surface area contributed by atoms with Crippen molar-refractivity contribution in [1.29, 1.82) is 0 Å². The highest BCUT2D eigenvalue weighted by Crippen LogP contribution is 2.24. The minimum absolute atomic E-state index is 0.637. The van der Waals surface area contributed by atoms with Gasteiger partial charge in [-0.25, -0.2) is 4.98 Å². The minimum Gasteiger partial charge on any atom is -0.497 e. The highest BCUT2D eigenvalue weighted by atomic mass is 32.1. The van der Waals surface area contributed by atoms with E-state index in [1.165, 1.54) is 18.5 Å². The van der Waals surface area contributed by atoms with Crippen LogP contribution in [0.4, 0.5) is 0 Å². The first kappa shape index (κ1) is 22.4. The summed E-state index contributed by atoms with van der Waals surface area (Å²) >= 11 is 1.73. The Morgan fingerprint density at radius 3 is 2.67 bits per heavy atom. The van der Waals surface area contributed by atoms with Gasteiger partial charge in [0.1, 0.15) is 11.5 Å². The maximum Gasteiger partial charge on any atom is 0.191 e. The van der Waals surface area contributed by atoms with Crippen molar-refractivity contribution in [3.63, 3.8) is 0 Å². The molecule has 0 spiro atoms. The molecule has 1 fully saturated rings. The summed E-state index contributed by atoms with van der Waals surface area (Å²) in [5.74, 6) is 3.06. The largest absolute Gasteiger partial charge is 0.497 e. The number of hydrogen-bond donors (Lipinski definition) is 2. The molecule has 0 saturated carbocycles. The quantitative estimate of drug-likeness (QED) is 0.495. The van der Waals surface area contributed by atoms with Crippen molar-refractivity contribution < 1.29 is 9.47 Å². The van der Waals surface area contributed by atoms with E-state index < -0.39 is 0 Å². The van der Waals surface area contributed by atoms with Gasteiger partial charge in [-0.05, 0) is 50.9 Å². The first-order valence-electron chi connectivity index (χ1n) is 10.4. The fourth-order valence-corrected chi connectivity index (χ4v) is 4.30. The van der Waals surface area contributed by atoms with Gasteiger partial charge in [-0.2, -0.15) is 0 Å². The fourth-order valence-electron chi connectivity index (χ4n) is 3.70. The predicted molar refractivity (Wildman–Crippen MR) is 123 cm³/mol. The van der Waals surface area contributed by atoms with Crippen LogP contribution in [0.25, 0.3) is 0 Å². The van der Waals surface area contributed by atoms with Crippen LogP contribution in [0.15, 0.2) is 28.6 Å². The lowest BCUT2D eigenvalue weighted by atomic mass is 9.97. The average molecular weight is 432 g/mol. The van der Waals surface area contributed by atoms with Crippen LogP contribution in [0.1, 0.15) is 29.1 Å². The van der Waals surface area contributed by atoms with Gasteiger partial charge in [0.05, 0.1) is 24.9 Å². The Hall–Kier alpha value is -2.32. The van der Waals surface area contributed by atoms with Gasteiger partial charge >= 0.3 is 0 Å². The molecule has 0 aliphatic carbocycles. The fraction of sp³-hybridized carbons (Fsp3) is 0.545. The smallest absolute Gasteiger partial charge is 0.191 e. The number of benzene rings is 1. The first-order chi connectivity index (χ1) is 14.6. The summed E-state index contributed by atoms with van der Waals surface area (Å²) in [4.78, 5) is 11.5. The number of piperidine rings is 1. The van der Waals surface area contributed by atoms with Gasteiger partial charge in [0, 0.05) is 43.7 Å². The summed E-state index contributed by atoms with van der Waals surface area (Å²) < 4.78 is 10.7. The number of rotatable bonds is 8. The molecule has 1 aromatic carbocycles. The number of aromatic nitrogens is 1. The van der Waals surface area contributed by atoms with Gasteiger partial charge in [-0.15, -0.1) is 11.3 Å². The monoisotopic (exact) mass is 431 g/mol. The van der Waals surface area contributed by atoms with E-state index in [4.69, 9.17) is 9.47 Å².